The van der Waals surface area contributed by atoms with Gasteiger partial charge >= 0.3 is 0 Å². The van der Waals surface area contributed by atoms with Crippen LogP contribution in [0.5, 0.6) is 0 Å². The number of para-hydroxylation sites is 1. The lowest BCUT2D eigenvalue weighted by atomic mass is 10.0. The Morgan fingerprint density at radius 3 is 2.75 bits per heavy atom. The zero-order valence-electron chi connectivity index (χ0n) is 11.3. The monoisotopic (exact) mass is 264 g/mol. The number of benzene rings is 2. The second kappa shape index (κ2) is 4.85. The van der Waals surface area contributed by atoms with E-state index in [2.05, 4.69) is 18.0 Å². The molecule has 2 aromatic carbocycles. The first-order valence-corrected chi connectivity index (χ1v) is 6.70. The summed E-state index contributed by atoms with van der Waals surface area (Å²) in [5.74, 6) is -0.00296. The Morgan fingerprint density at radius 2 is 2.00 bits per heavy atom. The molecule has 0 aliphatic rings. The fourth-order valence-corrected chi connectivity index (χ4v) is 2.54. The van der Waals surface area contributed by atoms with Gasteiger partial charge in [0.05, 0.1) is 0 Å². The Labute approximate surface area is 117 Å². The van der Waals surface area contributed by atoms with Crippen molar-refractivity contribution in [1.29, 1.82) is 0 Å². The fraction of sp³-hybridized carbons (Fsp3) is 0.118. The SMILES string of the molecule is CCc1cccc2c(C(=O)c3cccc(N)c3)c[nH]c12. The molecule has 3 heteroatoms. The summed E-state index contributed by atoms with van der Waals surface area (Å²) in [5, 5.41) is 0.969. The van der Waals surface area contributed by atoms with Crippen molar-refractivity contribution in [3.63, 3.8) is 0 Å². The van der Waals surface area contributed by atoms with Gasteiger partial charge in [-0.3, -0.25) is 4.79 Å². The number of fused-ring (bicyclic) bond motifs is 1. The minimum atomic E-state index is -0.00296. The highest BCUT2D eigenvalue weighted by Gasteiger charge is 2.15. The molecule has 0 aliphatic heterocycles. The van der Waals surface area contributed by atoms with Gasteiger partial charge in [-0.2, -0.15) is 0 Å². The Balaban J connectivity index is 2.13. The molecule has 0 saturated carbocycles. The number of carbonyl (C=O) groups is 1. The highest BCUT2D eigenvalue weighted by atomic mass is 16.1. The molecular formula is C17H16N2O. The molecule has 1 aromatic heterocycles. The molecule has 0 unspecified atom stereocenters. The maximum absolute atomic E-state index is 12.6. The van der Waals surface area contributed by atoms with Crippen LogP contribution in [0, 0.1) is 0 Å². The smallest absolute Gasteiger partial charge is 0.195 e. The molecule has 3 rings (SSSR count). The summed E-state index contributed by atoms with van der Waals surface area (Å²) < 4.78 is 0. The zero-order chi connectivity index (χ0) is 14.1. The largest absolute Gasteiger partial charge is 0.399 e. The number of aryl methyl sites for hydroxylation is 1. The quantitative estimate of drug-likeness (QED) is 0.561. The van der Waals surface area contributed by atoms with Crippen molar-refractivity contribution < 1.29 is 4.79 Å². The number of hydrogen-bond acceptors (Lipinski definition) is 2. The third-order valence-electron chi connectivity index (χ3n) is 3.58. The Bertz CT molecular complexity index is 787. The third kappa shape index (κ3) is 1.97. The van der Waals surface area contributed by atoms with E-state index in [9.17, 15) is 4.79 Å². The normalized spacial score (nSPS) is 10.8. The molecule has 0 atom stereocenters. The van der Waals surface area contributed by atoms with E-state index < -0.39 is 0 Å². The minimum absolute atomic E-state index is 0.00296. The van der Waals surface area contributed by atoms with E-state index >= 15 is 0 Å². The Morgan fingerprint density at radius 1 is 1.20 bits per heavy atom. The molecule has 100 valence electrons. The maximum Gasteiger partial charge on any atom is 0.195 e. The summed E-state index contributed by atoms with van der Waals surface area (Å²) in [4.78, 5) is 15.8. The summed E-state index contributed by atoms with van der Waals surface area (Å²) in [6.45, 7) is 2.11. The van der Waals surface area contributed by atoms with Gasteiger partial charge in [0, 0.05) is 33.9 Å². The van der Waals surface area contributed by atoms with Gasteiger partial charge < -0.3 is 10.7 Å². The number of anilines is 1. The van der Waals surface area contributed by atoms with E-state index in [1.54, 1.807) is 30.5 Å². The molecule has 3 aromatic rings. The van der Waals surface area contributed by atoms with Crippen LogP contribution in [-0.2, 0) is 6.42 Å². The number of hydrogen-bond donors (Lipinski definition) is 2. The van der Waals surface area contributed by atoms with Gasteiger partial charge in [-0.25, -0.2) is 0 Å². The van der Waals surface area contributed by atoms with Crippen LogP contribution >= 0.6 is 0 Å². The number of aromatic nitrogens is 1. The first kappa shape index (κ1) is 12.5. The lowest BCUT2D eigenvalue weighted by molar-refractivity contribution is 0.104. The van der Waals surface area contributed by atoms with Gasteiger partial charge in [0.15, 0.2) is 5.78 Å². The average Bonchev–Trinajstić information content (AvgIpc) is 2.90. The zero-order valence-corrected chi connectivity index (χ0v) is 11.3. The number of aromatic amines is 1. The predicted molar refractivity (Wildman–Crippen MR) is 82.0 cm³/mol. The topological polar surface area (TPSA) is 58.9 Å². The first-order valence-electron chi connectivity index (χ1n) is 6.70. The number of rotatable bonds is 3. The van der Waals surface area contributed by atoms with Crippen LogP contribution in [0.4, 0.5) is 5.69 Å². The molecule has 0 bridgehead atoms. The summed E-state index contributed by atoms with van der Waals surface area (Å²) in [6, 6.07) is 13.1. The number of carbonyl (C=O) groups excluding carboxylic acids is 1. The highest BCUT2D eigenvalue weighted by molar-refractivity contribution is 6.16. The summed E-state index contributed by atoms with van der Waals surface area (Å²) in [7, 11) is 0. The van der Waals surface area contributed by atoms with Gasteiger partial charge in [-0.1, -0.05) is 37.3 Å². The molecule has 0 amide bonds. The van der Waals surface area contributed by atoms with Crippen molar-refractivity contribution in [3.05, 3.63) is 65.4 Å². The van der Waals surface area contributed by atoms with Crippen molar-refractivity contribution >= 4 is 22.4 Å². The van der Waals surface area contributed by atoms with Crippen molar-refractivity contribution in [3.8, 4) is 0 Å². The Kier molecular flexibility index (Phi) is 3.03. The molecular weight excluding hydrogens is 248 g/mol. The third-order valence-corrected chi connectivity index (χ3v) is 3.58. The molecule has 0 aliphatic carbocycles. The summed E-state index contributed by atoms with van der Waals surface area (Å²) in [5.41, 5.74) is 9.92. The van der Waals surface area contributed by atoms with E-state index in [1.807, 2.05) is 12.1 Å². The van der Waals surface area contributed by atoms with Gasteiger partial charge in [0.25, 0.3) is 0 Å². The molecule has 20 heavy (non-hydrogen) atoms. The van der Waals surface area contributed by atoms with Crippen LogP contribution in [0.1, 0.15) is 28.4 Å². The lowest BCUT2D eigenvalue weighted by Crippen LogP contribution is -2.01. The second-order valence-electron chi connectivity index (χ2n) is 4.85. The predicted octanol–water partition coefficient (Wildman–Crippen LogP) is 3.54. The molecule has 3 N–H and O–H groups in total. The molecule has 0 fully saturated rings. The Hall–Kier alpha value is -2.55. The summed E-state index contributed by atoms with van der Waals surface area (Å²) in [6.07, 6.45) is 2.72. The molecule has 0 spiro atoms. The van der Waals surface area contributed by atoms with Gasteiger partial charge in [0.1, 0.15) is 0 Å². The van der Waals surface area contributed by atoms with Gasteiger partial charge in [0.2, 0.25) is 0 Å². The number of H-pyrrole nitrogens is 1. The van der Waals surface area contributed by atoms with Crippen molar-refractivity contribution in [2.24, 2.45) is 0 Å². The van der Waals surface area contributed by atoms with E-state index in [-0.39, 0.29) is 5.78 Å². The molecule has 0 radical (unpaired) electrons. The van der Waals surface area contributed by atoms with E-state index in [0.29, 0.717) is 16.8 Å². The number of nitrogens with two attached hydrogens (primary N) is 1. The lowest BCUT2D eigenvalue weighted by Gasteiger charge is -2.02. The van der Waals surface area contributed by atoms with Crippen LogP contribution in [0.15, 0.2) is 48.7 Å². The van der Waals surface area contributed by atoms with Crippen molar-refractivity contribution in [2.45, 2.75) is 13.3 Å². The van der Waals surface area contributed by atoms with Gasteiger partial charge in [-0.05, 0) is 24.1 Å². The second-order valence-corrected chi connectivity index (χ2v) is 4.85. The molecule has 3 nitrogen and oxygen atoms in total. The van der Waals surface area contributed by atoms with Crippen molar-refractivity contribution in [1.82, 2.24) is 4.98 Å². The number of nitrogens with one attached hydrogen (secondary N) is 1. The van der Waals surface area contributed by atoms with Crippen LogP contribution in [-0.4, -0.2) is 10.8 Å². The van der Waals surface area contributed by atoms with Crippen LogP contribution in [0.3, 0.4) is 0 Å². The van der Waals surface area contributed by atoms with E-state index in [0.717, 1.165) is 17.3 Å². The van der Waals surface area contributed by atoms with Crippen molar-refractivity contribution in [2.75, 3.05) is 5.73 Å². The highest BCUT2D eigenvalue weighted by Crippen LogP contribution is 2.24. The number of nitrogen functional groups attached to an aromatic ring is 1. The van der Waals surface area contributed by atoms with E-state index in [4.69, 9.17) is 5.73 Å². The summed E-state index contributed by atoms with van der Waals surface area (Å²) >= 11 is 0. The van der Waals surface area contributed by atoms with E-state index in [1.165, 1.54) is 5.56 Å². The minimum Gasteiger partial charge on any atom is -0.399 e. The van der Waals surface area contributed by atoms with Gasteiger partial charge in [-0.15, -0.1) is 0 Å². The first-order chi connectivity index (χ1) is 9.70. The standard InChI is InChI=1S/C17H16N2O/c1-2-11-5-4-8-14-15(10-19-16(11)14)17(20)12-6-3-7-13(18)9-12/h3-10,19H,2,18H2,1H3. The molecule has 1 heterocycles. The molecule has 0 saturated heterocycles. The van der Waals surface area contributed by atoms with Crippen LogP contribution < -0.4 is 5.73 Å². The number of ketones is 1. The average molecular weight is 264 g/mol. The fourth-order valence-electron chi connectivity index (χ4n) is 2.54. The van der Waals surface area contributed by atoms with Crippen LogP contribution in [0.2, 0.25) is 0 Å². The van der Waals surface area contributed by atoms with Crippen LogP contribution in [0.25, 0.3) is 10.9 Å². The maximum atomic E-state index is 12.6.